The van der Waals surface area contributed by atoms with Crippen LogP contribution in [0.4, 0.5) is 13.2 Å². The van der Waals surface area contributed by atoms with Crippen molar-refractivity contribution >= 4 is 17.8 Å². The van der Waals surface area contributed by atoms with Crippen molar-refractivity contribution in [1.82, 2.24) is 5.32 Å². The summed E-state index contributed by atoms with van der Waals surface area (Å²) >= 11 is 0. The maximum atomic E-state index is 13.3. The van der Waals surface area contributed by atoms with E-state index in [4.69, 9.17) is 0 Å². The Morgan fingerprint density at radius 3 is 1.71 bits per heavy atom. The van der Waals surface area contributed by atoms with Crippen molar-refractivity contribution in [2.24, 2.45) is 0 Å². The van der Waals surface area contributed by atoms with Gasteiger partial charge in [0, 0.05) is 11.5 Å². The molecule has 38 heavy (non-hydrogen) atoms. The highest BCUT2D eigenvalue weighted by atomic mass is 19.4. The predicted octanol–water partition coefficient (Wildman–Crippen LogP) is 5.97. The van der Waals surface area contributed by atoms with Gasteiger partial charge in [0.1, 0.15) is 0 Å². The minimum Gasteiger partial charge on any atom is -0.481 e. The Balaban J connectivity index is 2.27. The first-order valence-electron chi connectivity index (χ1n) is 11.8. The van der Waals surface area contributed by atoms with Crippen molar-refractivity contribution < 1.29 is 37.8 Å². The Kier molecular flexibility index (Phi) is 8.00. The Hall–Kier alpha value is -4.14. The Bertz CT molecular complexity index is 1300. The van der Waals surface area contributed by atoms with E-state index in [0.29, 0.717) is 0 Å². The van der Waals surface area contributed by atoms with Gasteiger partial charge in [0.25, 0.3) is 5.91 Å². The summed E-state index contributed by atoms with van der Waals surface area (Å²) in [5.74, 6) is -5.19. The van der Waals surface area contributed by atoms with E-state index in [9.17, 15) is 37.8 Å². The number of amides is 1. The predicted molar refractivity (Wildman–Crippen MR) is 135 cm³/mol. The topological polar surface area (TPSA) is 104 Å². The van der Waals surface area contributed by atoms with Gasteiger partial charge >= 0.3 is 18.1 Å². The molecule has 0 bridgehead atoms. The van der Waals surface area contributed by atoms with Crippen LogP contribution in [0, 0.1) is 0 Å². The lowest BCUT2D eigenvalue weighted by Gasteiger charge is -2.38. The Labute approximate surface area is 218 Å². The summed E-state index contributed by atoms with van der Waals surface area (Å²) in [5.41, 5.74) is -2.51. The molecule has 0 saturated heterocycles. The van der Waals surface area contributed by atoms with E-state index in [1.54, 1.807) is 30.3 Å². The van der Waals surface area contributed by atoms with Crippen LogP contribution >= 0.6 is 0 Å². The molecule has 9 heteroatoms. The van der Waals surface area contributed by atoms with Crippen LogP contribution in [0.3, 0.4) is 0 Å². The number of alkyl halides is 3. The monoisotopic (exact) mass is 527 g/mol. The number of carbonyl (C=O) groups excluding carboxylic acids is 1. The highest BCUT2D eigenvalue weighted by Crippen LogP contribution is 2.42. The van der Waals surface area contributed by atoms with Crippen molar-refractivity contribution in [1.29, 1.82) is 0 Å². The highest BCUT2D eigenvalue weighted by Gasteiger charge is 2.50. The Morgan fingerprint density at radius 1 is 0.763 bits per heavy atom. The first-order chi connectivity index (χ1) is 17.7. The van der Waals surface area contributed by atoms with Gasteiger partial charge in [-0.05, 0) is 46.4 Å². The minimum atomic E-state index is -4.64. The second kappa shape index (κ2) is 10.7. The molecule has 1 amide bonds. The number of rotatable bonds is 8. The molecule has 0 radical (unpaired) electrons. The molecule has 0 aromatic heterocycles. The number of halogens is 3. The lowest BCUT2D eigenvalue weighted by atomic mass is 9.71. The van der Waals surface area contributed by atoms with Crippen LogP contribution in [-0.4, -0.2) is 28.1 Å². The van der Waals surface area contributed by atoms with E-state index >= 15 is 0 Å². The number of aliphatic carboxylic acids is 2. The average Bonchev–Trinajstić information content (AvgIpc) is 2.85. The second-order valence-corrected chi connectivity index (χ2v) is 10.0. The van der Waals surface area contributed by atoms with Crippen molar-refractivity contribution in [3.8, 4) is 0 Å². The van der Waals surface area contributed by atoms with E-state index in [1.165, 1.54) is 24.3 Å². The molecule has 3 aromatic carbocycles. The maximum absolute atomic E-state index is 13.3. The average molecular weight is 528 g/mol. The molecule has 3 aromatic rings. The molecule has 0 heterocycles. The smallest absolute Gasteiger partial charge is 0.416 e. The molecule has 6 nitrogen and oxygen atoms in total. The molecular weight excluding hydrogens is 499 g/mol. The molecular formula is C29H28F3NO5. The van der Waals surface area contributed by atoms with Crippen LogP contribution in [0.2, 0.25) is 0 Å². The van der Waals surface area contributed by atoms with Crippen LogP contribution in [0.1, 0.15) is 65.7 Å². The van der Waals surface area contributed by atoms with Crippen molar-refractivity contribution in [2.45, 2.75) is 50.2 Å². The summed E-state index contributed by atoms with van der Waals surface area (Å²) in [6.45, 7) is 5.87. The molecule has 0 spiro atoms. The zero-order valence-corrected chi connectivity index (χ0v) is 21.0. The quantitative estimate of drug-likeness (QED) is 0.335. The van der Waals surface area contributed by atoms with Gasteiger partial charge in [-0.25, -0.2) is 4.79 Å². The van der Waals surface area contributed by atoms with Gasteiger partial charge in [-0.15, -0.1) is 0 Å². The van der Waals surface area contributed by atoms with Crippen molar-refractivity contribution in [3.63, 3.8) is 0 Å². The van der Waals surface area contributed by atoms with Crippen LogP contribution in [-0.2, 0) is 26.7 Å². The van der Waals surface area contributed by atoms with Crippen LogP contribution in [0.25, 0.3) is 0 Å². The van der Waals surface area contributed by atoms with Crippen molar-refractivity contribution in [2.75, 3.05) is 0 Å². The van der Waals surface area contributed by atoms with Gasteiger partial charge in [0.2, 0.25) is 0 Å². The lowest BCUT2D eigenvalue weighted by Crippen LogP contribution is -2.56. The number of carboxylic acids is 2. The third-order valence-electron chi connectivity index (χ3n) is 6.43. The molecule has 2 atom stereocenters. The van der Waals surface area contributed by atoms with Crippen LogP contribution in [0.5, 0.6) is 0 Å². The number of hydrogen-bond acceptors (Lipinski definition) is 3. The number of carbonyl (C=O) groups is 3. The largest absolute Gasteiger partial charge is 0.481 e. The molecule has 0 saturated carbocycles. The van der Waals surface area contributed by atoms with Gasteiger partial charge in [-0.3, -0.25) is 9.59 Å². The summed E-state index contributed by atoms with van der Waals surface area (Å²) < 4.78 is 39.6. The Morgan fingerprint density at radius 2 is 1.26 bits per heavy atom. The normalized spacial score (nSPS) is 14.3. The minimum absolute atomic E-state index is 0.0102. The third kappa shape index (κ3) is 6.04. The second-order valence-electron chi connectivity index (χ2n) is 10.0. The van der Waals surface area contributed by atoms with Crippen molar-refractivity contribution in [3.05, 3.63) is 107 Å². The number of carboxylic acid groups (broad SMARTS) is 2. The fraction of sp³-hybridized carbons (Fsp3) is 0.276. The molecule has 0 fully saturated rings. The van der Waals surface area contributed by atoms with Crippen LogP contribution in [0.15, 0.2) is 78.9 Å². The van der Waals surface area contributed by atoms with E-state index in [1.807, 2.05) is 20.8 Å². The zero-order chi connectivity index (χ0) is 28.3. The van der Waals surface area contributed by atoms with E-state index < -0.39 is 47.5 Å². The zero-order valence-electron chi connectivity index (χ0n) is 21.0. The van der Waals surface area contributed by atoms with Gasteiger partial charge in [-0.1, -0.05) is 75.4 Å². The first kappa shape index (κ1) is 28.4. The molecule has 0 aliphatic rings. The maximum Gasteiger partial charge on any atom is 0.416 e. The SMILES string of the molecule is CC(C)(C)c1ccc(C(NC(=O)c2ccccc2)(C(=O)O)C(CC(=O)O)c2ccc(C(F)(F)F)cc2)cc1. The summed E-state index contributed by atoms with van der Waals surface area (Å²) in [6.07, 6.45) is -5.43. The highest BCUT2D eigenvalue weighted by molar-refractivity contribution is 5.99. The summed E-state index contributed by atoms with van der Waals surface area (Å²) in [7, 11) is 0. The fourth-order valence-electron chi connectivity index (χ4n) is 4.36. The third-order valence-corrected chi connectivity index (χ3v) is 6.43. The number of hydrogen-bond donors (Lipinski definition) is 3. The summed E-state index contributed by atoms with van der Waals surface area (Å²) in [6, 6.07) is 17.8. The molecule has 200 valence electrons. The van der Waals surface area contributed by atoms with E-state index in [0.717, 1.165) is 29.8 Å². The van der Waals surface area contributed by atoms with Gasteiger partial charge < -0.3 is 15.5 Å². The van der Waals surface area contributed by atoms with Gasteiger partial charge in [0.15, 0.2) is 5.54 Å². The molecule has 2 unspecified atom stereocenters. The fourth-order valence-corrected chi connectivity index (χ4v) is 4.36. The van der Waals surface area contributed by atoms with Crippen LogP contribution < -0.4 is 5.32 Å². The van der Waals surface area contributed by atoms with Gasteiger partial charge in [-0.2, -0.15) is 13.2 Å². The molecule has 0 aliphatic heterocycles. The number of benzene rings is 3. The standard InChI is InChI=1S/C29H28F3NO5/c1-27(2,3)20-13-15-21(16-14-20)28(26(37)38,33-25(36)19-7-5-4-6-8-19)23(17-24(34)35)18-9-11-22(12-10-18)29(30,31)32/h4-16,23H,17H2,1-3H3,(H,33,36)(H,34,35)(H,37,38). The molecule has 3 N–H and O–H groups in total. The summed E-state index contributed by atoms with van der Waals surface area (Å²) in [5, 5.41) is 22.9. The lowest BCUT2D eigenvalue weighted by molar-refractivity contribution is -0.147. The molecule has 0 aliphatic carbocycles. The first-order valence-corrected chi connectivity index (χ1v) is 11.8. The molecule has 3 rings (SSSR count). The van der Waals surface area contributed by atoms with E-state index in [-0.39, 0.29) is 22.1 Å². The van der Waals surface area contributed by atoms with E-state index in [2.05, 4.69) is 5.32 Å². The van der Waals surface area contributed by atoms with Gasteiger partial charge in [0.05, 0.1) is 12.0 Å². The summed E-state index contributed by atoms with van der Waals surface area (Å²) in [4.78, 5) is 38.4. The number of nitrogens with one attached hydrogen (secondary N) is 1.